The third-order valence-electron chi connectivity index (χ3n) is 7.82. The zero-order chi connectivity index (χ0) is 33.3. The van der Waals surface area contributed by atoms with E-state index in [4.69, 9.17) is 9.72 Å². The molecule has 0 aliphatic carbocycles. The molecule has 1 heterocycles. The van der Waals surface area contributed by atoms with Gasteiger partial charge in [-0.05, 0) is 93.6 Å². The highest BCUT2D eigenvalue weighted by Gasteiger charge is 2.19. The van der Waals surface area contributed by atoms with Crippen molar-refractivity contribution in [1.82, 2.24) is 19.8 Å². The lowest BCUT2D eigenvalue weighted by Gasteiger charge is -2.24. The molecule has 0 radical (unpaired) electrons. The van der Waals surface area contributed by atoms with Crippen LogP contribution >= 0.6 is 0 Å². The van der Waals surface area contributed by atoms with Crippen LogP contribution in [0.25, 0.3) is 11.0 Å². The number of hydrogen-bond donors (Lipinski definition) is 2. The second-order valence-electron chi connectivity index (χ2n) is 12.8. The Bertz CT molecular complexity index is 1430. The number of aryl methyl sites for hydroxylation is 1. The molecule has 250 valence electrons. The average molecular weight is 628 g/mol. The summed E-state index contributed by atoms with van der Waals surface area (Å²) >= 11 is 0. The molecule has 1 aromatic heterocycles. The molecule has 3 aromatic carbocycles. The number of benzene rings is 3. The molecule has 0 unspecified atom stereocenters. The van der Waals surface area contributed by atoms with Crippen LogP contribution in [0.5, 0.6) is 11.5 Å². The standard InChI is InChI=1S/C34H44N4O2.C5H13N/c1-6-7-20-38-32-23-27(33(39)37(21-18-25(2)3)22-19-26(4)5)16-17-31(32)36-34(38)35-28-12-11-15-30(24-28)40-29-13-9-8-10-14-29;1-3-4-5-6-2/h8-17,23-26H,6-7,18-22H2,1-5H3,(H,35,36);6H,3-5H2,1-2H3. The van der Waals surface area contributed by atoms with Crippen LogP contribution in [0.15, 0.2) is 72.8 Å². The Labute approximate surface area is 277 Å². The number of rotatable bonds is 17. The van der Waals surface area contributed by atoms with Gasteiger partial charge in [-0.1, -0.05) is 78.6 Å². The van der Waals surface area contributed by atoms with Crippen LogP contribution in [0, 0.1) is 11.8 Å². The van der Waals surface area contributed by atoms with Crippen LogP contribution in [0.4, 0.5) is 11.6 Å². The van der Waals surface area contributed by atoms with E-state index in [2.05, 4.69) is 56.7 Å². The first-order valence-electron chi connectivity index (χ1n) is 17.3. The van der Waals surface area contributed by atoms with Crippen molar-refractivity contribution in [3.8, 4) is 11.5 Å². The summed E-state index contributed by atoms with van der Waals surface area (Å²) in [7, 11) is 1.98. The first kappa shape index (κ1) is 36.6. The van der Waals surface area contributed by atoms with Gasteiger partial charge >= 0.3 is 0 Å². The van der Waals surface area contributed by atoms with Gasteiger partial charge in [-0.15, -0.1) is 0 Å². The van der Waals surface area contributed by atoms with Gasteiger partial charge in [0.15, 0.2) is 0 Å². The first-order chi connectivity index (χ1) is 22.2. The van der Waals surface area contributed by atoms with Crippen molar-refractivity contribution < 1.29 is 9.53 Å². The topological polar surface area (TPSA) is 71.4 Å². The van der Waals surface area contributed by atoms with Crippen LogP contribution in [-0.4, -0.2) is 47.0 Å². The van der Waals surface area contributed by atoms with Crippen LogP contribution in [0.3, 0.4) is 0 Å². The highest BCUT2D eigenvalue weighted by Crippen LogP contribution is 2.28. The summed E-state index contributed by atoms with van der Waals surface area (Å²) in [6.45, 7) is 16.8. The number of fused-ring (bicyclic) bond motifs is 1. The number of para-hydroxylation sites is 1. The predicted octanol–water partition coefficient (Wildman–Crippen LogP) is 9.91. The molecule has 0 spiro atoms. The molecule has 7 heteroatoms. The van der Waals surface area contributed by atoms with Crippen molar-refractivity contribution in [2.24, 2.45) is 11.8 Å². The van der Waals surface area contributed by atoms with Crippen molar-refractivity contribution in [2.45, 2.75) is 86.6 Å². The van der Waals surface area contributed by atoms with Gasteiger partial charge < -0.3 is 24.8 Å². The van der Waals surface area contributed by atoms with Gasteiger partial charge in [0, 0.05) is 37.0 Å². The molecule has 4 rings (SSSR count). The lowest BCUT2D eigenvalue weighted by atomic mass is 10.1. The summed E-state index contributed by atoms with van der Waals surface area (Å²) in [5.74, 6) is 3.52. The summed E-state index contributed by atoms with van der Waals surface area (Å²) in [5.41, 5.74) is 3.47. The molecule has 4 aromatic rings. The first-order valence-corrected chi connectivity index (χ1v) is 17.3. The van der Waals surface area contributed by atoms with Crippen LogP contribution in [0.2, 0.25) is 0 Å². The van der Waals surface area contributed by atoms with E-state index in [1.165, 1.54) is 12.8 Å². The number of nitrogens with zero attached hydrogens (tertiary/aromatic N) is 3. The van der Waals surface area contributed by atoms with Crippen molar-refractivity contribution in [3.63, 3.8) is 0 Å². The molecule has 0 saturated heterocycles. The summed E-state index contributed by atoms with van der Waals surface area (Å²) in [4.78, 5) is 20.6. The van der Waals surface area contributed by atoms with Gasteiger partial charge in [-0.2, -0.15) is 0 Å². The third-order valence-corrected chi connectivity index (χ3v) is 7.82. The van der Waals surface area contributed by atoms with Crippen LogP contribution in [-0.2, 0) is 6.54 Å². The van der Waals surface area contributed by atoms with Gasteiger partial charge in [0.05, 0.1) is 11.0 Å². The Morgan fingerprint density at radius 3 is 2.13 bits per heavy atom. The second kappa shape index (κ2) is 19.6. The van der Waals surface area contributed by atoms with Gasteiger partial charge in [0.25, 0.3) is 5.91 Å². The number of hydrogen-bond acceptors (Lipinski definition) is 5. The molecule has 7 nitrogen and oxygen atoms in total. The molecule has 0 atom stereocenters. The fourth-order valence-corrected chi connectivity index (χ4v) is 4.96. The molecule has 0 aliphatic rings. The SMILES string of the molecule is CCCCNC.CCCCn1c(Nc2cccc(Oc3ccccc3)c2)nc2ccc(C(=O)N(CCC(C)C)CCC(C)C)cc21. The third kappa shape index (κ3) is 11.8. The Kier molecular flexibility index (Phi) is 15.6. The zero-order valence-corrected chi connectivity index (χ0v) is 29.3. The molecule has 0 bridgehead atoms. The van der Waals surface area contributed by atoms with Gasteiger partial charge in [-0.3, -0.25) is 4.79 Å². The van der Waals surface area contributed by atoms with Gasteiger partial charge in [0.2, 0.25) is 5.95 Å². The molecule has 0 saturated carbocycles. The Balaban J connectivity index is 0.000000875. The van der Waals surface area contributed by atoms with Gasteiger partial charge in [-0.25, -0.2) is 4.98 Å². The second-order valence-corrected chi connectivity index (χ2v) is 12.8. The van der Waals surface area contributed by atoms with E-state index in [1.54, 1.807) is 0 Å². The van der Waals surface area contributed by atoms with E-state index in [1.807, 2.05) is 84.7 Å². The van der Waals surface area contributed by atoms with Crippen molar-refractivity contribution >= 4 is 28.6 Å². The molecule has 0 fully saturated rings. The maximum atomic E-state index is 13.7. The minimum absolute atomic E-state index is 0.103. The predicted molar refractivity (Wildman–Crippen MR) is 195 cm³/mol. The van der Waals surface area contributed by atoms with Crippen molar-refractivity contribution in [2.75, 3.05) is 32.0 Å². The summed E-state index contributed by atoms with van der Waals surface area (Å²) in [6, 6.07) is 23.6. The number of unbranched alkanes of at least 4 members (excludes halogenated alkanes) is 2. The fourth-order valence-electron chi connectivity index (χ4n) is 4.96. The summed E-state index contributed by atoms with van der Waals surface area (Å²) in [5, 5.41) is 6.58. The van der Waals surface area contributed by atoms with E-state index in [0.29, 0.717) is 11.8 Å². The number of imidazole rings is 1. The van der Waals surface area contributed by atoms with Crippen molar-refractivity contribution in [3.05, 3.63) is 78.4 Å². The quantitative estimate of drug-likeness (QED) is 0.114. The minimum atomic E-state index is 0.103. The number of amides is 1. The van der Waals surface area contributed by atoms with Crippen LogP contribution < -0.4 is 15.4 Å². The molecule has 0 aliphatic heterocycles. The van der Waals surface area contributed by atoms with E-state index < -0.39 is 0 Å². The van der Waals surface area contributed by atoms with E-state index in [9.17, 15) is 4.79 Å². The maximum absolute atomic E-state index is 13.7. The monoisotopic (exact) mass is 627 g/mol. The maximum Gasteiger partial charge on any atom is 0.253 e. The number of ether oxygens (including phenoxy) is 1. The fraction of sp³-hybridized carbons (Fsp3) is 0.487. The molecule has 2 N–H and O–H groups in total. The van der Waals surface area contributed by atoms with E-state index in [0.717, 1.165) is 91.6 Å². The highest BCUT2D eigenvalue weighted by molar-refractivity contribution is 5.98. The number of carbonyl (C=O) groups excluding carboxylic acids is 1. The lowest BCUT2D eigenvalue weighted by Crippen LogP contribution is -2.34. The molecule has 1 amide bonds. The molecular formula is C39H57N5O2. The summed E-state index contributed by atoms with van der Waals surface area (Å²) in [6.07, 6.45) is 6.68. The number of aromatic nitrogens is 2. The zero-order valence-electron chi connectivity index (χ0n) is 29.3. The van der Waals surface area contributed by atoms with Gasteiger partial charge in [0.1, 0.15) is 11.5 Å². The minimum Gasteiger partial charge on any atom is -0.457 e. The Morgan fingerprint density at radius 1 is 0.848 bits per heavy atom. The number of carbonyl (C=O) groups is 1. The Morgan fingerprint density at radius 2 is 1.52 bits per heavy atom. The smallest absolute Gasteiger partial charge is 0.253 e. The van der Waals surface area contributed by atoms with Crippen LogP contribution in [0.1, 0.15) is 90.4 Å². The molecule has 46 heavy (non-hydrogen) atoms. The highest BCUT2D eigenvalue weighted by atomic mass is 16.5. The van der Waals surface area contributed by atoms with Crippen molar-refractivity contribution in [1.29, 1.82) is 0 Å². The normalized spacial score (nSPS) is 11.1. The largest absolute Gasteiger partial charge is 0.457 e. The number of anilines is 2. The molecular weight excluding hydrogens is 570 g/mol. The average Bonchev–Trinajstić information content (AvgIpc) is 3.38. The lowest BCUT2D eigenvalue weighted by molar-refractivity contribution is 0.0741. The number of nitrogens with one attached hydrogen (secondary N) is 2. The summed E-state index contributed by atoms with van der Waals surface area (Å²) < 4.78 is 8.24. The van der Waals surface area contributed by atoms with E-state index >= 15 is 0 Å². The van der Waals surface area contributed by atoms with E-state index in [-0.39, 0.29) is 5.91 Å². The Hall–Kier alpha value is -3.84.